The van der Waals surface area contributed by atoms with Crippen LogP contribution >= 0.6 is 0 Å². The van der Waals surface area contributed by atoms with E-state index in [4.69, 9.17) is 4.98 Å². The van der Waals surface area contributed by atoms with Crippen molar-refractivity contribution >= 4 is 0 Å². The van der Waals surface area contributed by atoms with Crippen molar-refractivity contribution in [3.63, 3.8) is 0 Å². The summed E-state index contributed by atoms with van der Waals surface area (Å²) in [5, 5.41) is 0. The Balaban J connectivity index is 2.29. The molecule has 0 radical (unpaired) electrons. The van der Waals surface area contributed by atoms with Crippen LogP contribution in [0.4, 0.5) is 0 Å². The molecule has 1 aromatic rings. The van der Waals surface area contributed by atoms with Crippen LogP contribution in [0.3, 0.4) is 0 Å². The number of rotatable bonds is 2. The minimum absolute atomic E-state index is 0.535. The lowest BCUT2D eigenvalue weighted by molar-refractivity contribution is 0.440. The van der Waals surface area contributed by atoms with E-state index in [2.05, 4.69) is 39.6 Å². The summed E-state index contributed by atoms with van der Waals surface area (Å²) in [4.78, 5) is 8.40. The number of aromatic amines is 1. The Hall–Kier alpha value is -0.790. The van der Waals surface area contributed by atoms with Gasteiger partial charge in [0.05, 0.1) is 5.69 Å². The molecule has 3 atom stereocenters. The molecule has 0 aromatic carbocycles. The molecule has 0 aliphatic heterocycles. The number of imidazole rings is 1. The zero-order valence-electron chi connectivity index (χ0n) is 11.2. The second-order valence-electron chi connectivity index (χ2n) is 5.96. The van der Waals surface area contributed by atoms with Gasteiger partial charge in [-0.25, -0.2) is 4.98 Å². The fraction of sp³-hybridized carbons (Fsp3) is 0.786. The van der Waals surface area contributed by atoms with Crippen molar-refractivity contribution in [3.05, 3.63) is 17.2 Å². The van der Waals surface area contributed by atoms with Gasteiger partial charge in [-0.15, -0.1) is 0 Å². The van der Waals surface area contributed by atoms with Gasteiger partial charge in [-0.05, 0) is 24.7 Å². The summed E-state index contributed by atoms with van der Waals surface area (Å²) in [6.07, 6.45) is 2.46. The lowest BCUT2D eigenvalue weighted by atomic mass is 9.84. The monoisotopic (exact) mass is 220 g/mol. The van der Waals surface area contributed by atoms with Crippen LogP contribution in [0.5, 0.6) is 0 Å². The summed E-state index contributed by atoms with van der Waals surface area (Å²) < 4.78 is 0. The second kappa shape index (κ2) is 4.23. The van der Waals surface area contributed by atoms with E-state index >= 15 is 0 Å². The third-order valence-electron chi connectivity index (χ3n) is 4.04. The maximum Gasteiger partial charge on any atom is 0.109 e. The fourth-order valence-electron chi connectivity index (χ4n) is 2.69. The summed E-state index contributed by atoms with van der Waals surface area (Å²) in [5.41, 5.74) is 2.73. The minimum atomic E-state index is 0.535. The summed E-state index contributed by atoms with van der Waals surface area (Å²) in [5.74, 6) is 3.81. The van der Waals surface area contributed by atoms with Gasteiger partial charge >= 0.3 is 0 Å². The standard InChI is InChI=1S/C14H24N2/c1-8(2)11(5)14-15-12-7-9(3)6-10(4)13(12)16-14/h8-11H,6-7H2,1-5H3,(H,15,16). The van der Waals surface area contributed by atoms with Crippen LogP contribution in [0.15, 0.2) is 0 Å². The number of nitrogens with one attached hydrogen (secondary N) is 1. The van der Waals surface area contributed by atoms with Crippen molar-refractivity contribution in [2.75, 3.05) is 0 Å². The molecular formula is C14H24N2. The van der Waals surface area contributed by atoms with E-state index in [1.54, 1.807) is 0 Å². The molecule has 1 aromatic heterocycles. The van der Waals surface area contributed by atoms with Gasteiger partial charge < -0.3 is 4.98 Å². The average Bonchev–Trinajstić information content (AvgIpc) is 2.60. The van der Waals surface area contributed by atoms with Gasteiger partial charge in [0.2, 0.25) is 0 Å². The summed E-state index contributed by atoms with van der Waals surface area (Å²) >= 11 is 0. The molecular weight excluding hydrogens is 196 g/mol. The van der Waals surface area contributed by atoms with Gasteiger partial charge in [0.1, 0.15) is 5.82 Å². The van der Waals surface area contributed by atoms with Gasteiger partial charge in [0.15, 0.2) is 0 Å². The molecule has 2 heteroatoms. The number of aromatic nitrogens is 2. The molecule has 0 amide bonds. The van der Waals surface area contributed by atoms with E-state index in [1.165, 1.54) is 30.1 Å². The van der Waals surface area contributed by atoms with Crippen LogP contribution in [0, 0.1) is 11.8 Å². The molecule has 1 N–H and O–H groups in total. The van der Waals surface area contributed by atoms with Crippen LogP contribution in [-0.2, 0) is 6.42 Å². The molecule has 0 spiro atoms. The van der Waals surface area contributed by atoms with Crippen LogP contribution < -0.4 is 0 Å². The normalized spacial score (nSPS) is 26.9. The maximum absolute atomic E-state index is 4.83. The maximum atomic E-state index is 4.83. The third kappa shape index (κ3) is 2.02. The minimum Gasteiger partial charge on any atom is -0.345 e. The largest absolute Gasteiger partial charge is 0.345 e. The Labute approximate surface area is 98.9 Å². The fourth-order valence-corrected chi connectivity index (χ4v) is 2.69. The highest BCUT2D eigenvalue weighted by Gasteiger charge is 2.26. The summed E-state index contributed by atoms with van der Waals surface area (Å²) in [7, 11) is 0. The van der Waals surface area contributed by atoms with Gasteiger partial charge in [-0.3, -0.25) is 0 Å². The van der Waals surface area contributed by atoms with E-state index in [9.17, 15) is 0 Å². The van der Waals surface area contributed by atoms with Gasteiger partial charge in [0, 0.05) is 17.5 Å². The van der Waals surface area contributed by atoms with Crippen molar-refractivity contribution in [2.45, 2.75) is 59.3 Å². The van der Waals surface area contributed by atoms with Gasteiger partial charge in [-0.1, -0.05) is 34.6 Å². The molecule has 1 aliphatic carbocycles. The summed E-state index contributed by atoms with van der Waals surface area (Å²) in [6.45, 7) is 11.4. The molecule has 2 nitrogen and oxygen atoms in total. The molecule has 0 bridgehead atoms. The van der Waals surface area contributed by atoms with E-state index in [1.807, 2.05) is 0 Å². The first kappa shape index (κ1) is 11.7. The number of H-pyrrole nitrogens is 1. The highest BCUT2D eigenvalue weighted by atomic mass is 15.0. The summed E-state index contributed by atoms with van der Waals surface area (Å²) in [6, 6.07) is 0. The second-order valence-corrected chi connectivity index (χ2v) is 5.96. The zero-order valence-corrected chi connectivity index (χ0v) is 11.2. The lowest BCUT2D eigenvalue weighted by Gasteiger charge is -2.22. The van der Waals surface area contributed by atoms with Crippen LogP contribution in [0.2, 0.25) is 0 Å². The van der Waals surface area contributed by atoms with E-state index in [-0.39, 0.29) is 0 Å². The number of fused-ring (bicyclic) bond motifs is 1. The Kier molecular flexibility index (Phi) is 3.09. The molecule has 90 valence electrons. The Morgan fingerprint density at radius 2 is 1.94 bits per heavy atom. The van der Waals surface area contributed by atoms with Crippen LogP contribution in [0.25, 0.3) is 0 Å². The molecule has 16 heavy (non-hydrogen) atoms. The van der Waals surface area contributed by atoms with Crippen molar-refractivity contribution in [3.8, 4) is 0 Å². The van der Waals surface area contributed by atoms with Gasteiger partial charge in [-0.2, -0.15) is 0 Å². The topological polar surface area (TPSA) is 28.7 Å². The molecule has 2 rings (SSSR count). The first-order valence-corrected chi connectivity index (χ1v) is 6.57. The van der Waals surface area contributed by atoms with Gasteiger partial charge in [0.25, 0.3) is 0 Å². The highest BCUT2D eigenvalue weighted by molar-refractivity contribution is 5.23. The van der Waals surface area contributed by atoms with E-state index in [0.29, 0.717) is 17.8 Å². The first-order chi connectivity index (χ1) is 7.49. The number of hydrogen-bond acceptors (Lipinski definition) is 1. The highest BCUT2D eigenvalue weighted by Crippen LogP contribution is 2.34. The first-order valence-electron chi connectivity index (χ1n) is 6.57. The van der Waals surface area contributed by atoms with Crippen LogP contribution in [-0.4, -0.2) is 9.97 Å². The van der Waals surface area contributed by atoms with Crippen LogP contribution in [0.1, 0.15) is 70.1 Å². The van der Waals surface area contributed by atoms with E-state index < -0.39 is 0 Å². The number of hydrogen-bond donors (Lipinski definition) is 1. The number of nitrogens with zero attached hydrogens (tertiary/aromatic N) is 1. The van der Waals surface area contributed by atoms with Crippen molar-refractivity contribution in [1.82, 2.24) is 9.97 Å². The van der Waals surface area contributed by atoms with Crippen molar-refractivity contribution < 1.29 is 0 Å². The molecule has 3 unspecified atom stereocenters. The molecule has 1 heterocycles. The Morgan fingerprint density at radius 3 is 2.56 bits per heavy atom. The smallest absolute Gasteiger partial charge is 0.109 e. The lowest BCUT2D eigenvalue weighted by Crippen LogP contribution is -2.14. The molecule has 0 fully saturated rings. The molecule has 0 saturated heterocycles. The quantitative estimate of drug-likeness (QED) is 0.805. The average molecular weight is 220 g/mol. The predicted octanol–water partition coefficient (Wildman–Crippen LogP) is 3.86. The Morgan fingerprint density at radius 1 is 1.25 bits per heavy atom. The predicted molar refractivity (Wildman–Crippen MR) is 67.7 cm³/mol. The molecule has 0 saturated carbocycles. The van der Waals surface area contributed by atoms with Crippen molar-refractivity contribution in [1.29, 1.82) is 0 Å². The van der Waals surface area contributed by atoms with Crippen molar-refractivity contribution in [2.24, 2.45) is 11.8 Å². The Bertz CT molecular complexity index is 365. The zero-order chi connectivity index (χ0) is 11.9. The SMILES string of the molecule is CC1Cc2[nH]c(C(C)C(C)C)nc2C(C)C1. The van der Waals surface area contributed by atoms with E-state index in [0.717, 1.165) is 5.92 Å². The molecule has 1 aliphatic rings. The third-order valence-corrected chi connectivity index (χ3v) is 4.04.